The number of hydrazine groups is 1. The van der Waals surface area contributed by atoms with Crippen LogP contribution in [0.3, 0.4) is 0 Å². The van der Waals surface area contributed by atoms with Gasteiger partial charge in [0, 0.05) is 11.1 Å². The zero-order valence-corrected chi connectivity index (χ0v) is 21.1. The van der Waals surface area contributed by atoms with Crippen molar-refractivity contribution in [3.05, 3.63) is 95.6 Å². The Morgan fingerprint density at radius 3 is 1.97 bits per heavy atom. The summed E-state index contributed by atoms with van der Waals surface area (Å²) >= 11 is 5.12. The lowest BCUT2D eigenvalue weighted by molar-refractivity contribution is 0.0934. The number of hydrogen-bond donors (Lipinski definition) is 3. The summed E-state index contributed by atoms with van der Waals surface area (Å²) in [5, 5.41) is 2.52. The molecule has 7 nitrogen and oxygen atoms in total. The molecule has 0 bridgehead atoms. The molecule has 3 aromatic rings. The van der Waals surface area contributed by atoms with E-state index in [0.29, 0.717) is 35.8 Å². The minimum absolute atomic E-state index is 0.0209. The summed E-state index contributed by atoms with van der Waals surface area (Å²) in [6.07, 6.45) is 4.54. The first kappa shape index (κ1) is 26.7. The number of unbranched alkanes of at least 4 members (excludes halogenated alkanes) is 3. The number of amides is 2. The summed E-state index contributed by atoms with van der Waals surface area (Å²) in [6.45, 7) is 3.27. The summed E-state index contributed by atoms with van der Waals surface area (Å²) < 4.78 is 11.4. The molecule has 0 atom stereocenters. The van der Waals surface area contributed by atoms with E-state index in [-0.39, 0.29) is 5.11 Å². The van der Waals surface area contributed by atoms with Crippen LogP contribution in [0.5, 0.6) is 11.5 Å². The molecule has 36 heavy (non-hydrogen) atoms. The number of ether oxygens (including phenoxy) is 2. The SMILES string of the molecule is CCCCCCOc1ccc(C(=O)NC(=S)NNC(=O)c2ccc(OCc3ccccc3)cc2)cc1. The molecule has 0 heterocycles. The Morgan fingerprint density at radius 1 is 0.722 bits per heavy atom. The van der Waals surface area contributed by atoms with E-state index in [2.05, 4.69) is 23.1 Å². The molecule has 3 N–H and O–H groups in total. The highest BCUT2D eigenvalue weighted by Crippen LogP contribution is 2.15. The van der Waals surface area contributed by atoms with E-state index in [1.165, 1.54) is 12.8 Å². The zero-order chi connectivity index (χ0) is 25.6. The second-order valence-electron chi connectivity index (χ2n) is 8.09. The van der Waals surface area contributed by atoms with Crippen molar-refractivity contribution in [2.24, 2.45) is 0 Å². The molecule has 0 saturated carbocycles. The molecule has 0 saturated heterocycles. The number of carbonyl (C=O) groups excluding carboxylic acids is 2. The van der Waals surface area contributed by atoms with Gasteiger partial charge >= 0.3 is 0 Å². The lowest BCUT2D eigenvalue weighted by Crippen LogP contribution is -2.48. The van der Waals surface area contributed by atoms with Crippen molar-refractivity contribution in [3.63, 3.8) is 0 Å². The van der Waals surface area contributed by atoms with Gasteiger partial charge in [-0.25, -0.2) is 0 Å². The first-order valence-electron chi connectivity index (χ1n) is 12.0. The van der Waals surface area contributed by atoms with E-state index in [1.807, 2.05) is 30.3 Å². The number of hydrogen-bond acceptors (Lipinski definition) is 5. The van der Waals surface area contributed by atoms with Gasteiger partial charge < -0.3 is 9.47 Å². The van der Waals surface area contributed by atoms with Crippen LogP contribution in [0.1, 0.15) is 58.9 Å². The summed E-state index contributed by atoms with van der Waals surface area (Å²) in [5.41, 5.74) is 6.91. The number of rotatable bonds is 11. The van der Waals surface area contributed by atoms with Crippen LogP contribution >= 0.6 is 12.2 Å². The number of benzene rings is 3. The smallest absolute Gasteiger partial charge is 0.269 e. The van der Waals surface area contributed by atoms with Crippen molar-refractivity contribution >= 4 is 29.1 Å². The third-order valence-electron chi connectivity index (χ3n) is 5.26. The number of carbonyl (C=O) groups is 2. The minimum Gasteiger partial charge on any atom is -0.494 e. The minimum atomic E-state index is -0.401. The van der Waals surface area contributed by atoms with Gasteiger partial charge in [0.15, 0.2) is 5.11 Å². The third kappa shape index (κ3) is 9.03. The lowest BCUT2D eigenvalue weighted by atomic mass is 10.2. The molecule has 2 amide bonds. The van der Waals surface area contributed by atoms with E-state index in [9.17, 15) is 9.59 Å². The molecule has 3 rings (SSSR count). The normalized spacial score (nSPS) is 10.2. The first-order valence-corrected chi connectivity index (χ1v) is 12.4. The average Bonchev–Trinajstić information content (AvgIpc) is 2.91. The summed E-state index contributed by atoms with van der Waals surface area (Å²) in [6, 6.07) is 23.4. The largest absolute Gasteiger partial charge is 0.494 e. The van der Waals surface area contributed by atoms with Crippen LogP contribution in [0.2, 0.25) is 0 Å². The molecule has 0 radical (unpaired) electrons. The first-order chi connectivity index (χ1) is 17.5. The van der Waals surface area contributed by atoms with Gasteiger partial charge in [0.05, 0.1) is 6.61 Å². The summed E-state index contributed by atoms with van der Waals surface area (Å²) in [7, 11) is 0. The van der Waals surface area contributed by atoms with Gasteiger partial charge in [-0.3, -0.25) is 25.8 Å². The molecule has 0 aliphatic heterocycles. The fourth-order valence-electron chi connectivity index (χ4n) is 3.26. The van der Waals surface area contributed by atoms with Crippen LogP contribution < -0.4 is 25.6 Å². The third-order valence-corrected chi connectivity index (χ3v) is 5.47. The van der Waals surface area contributed by atoms with Crippen LogP contribution in [-0.2, 0) is 6.61 Å². The molecule has 0 aliphatic carbocycles. The Balaban J connectivity index is 1.38. The van der Waals surface area contributed by atoms with Crippen molar-refractivity contribution < 1.29 is 19.1 Å². The lowest BCUT2D eigenvalue weighted by Gasteiger charge is -2.12. The van der Waals surface area contributed by atoms with E-state index >= 15 is 0 Å². The number of nitrogens with one attached hydrogen (secondary N) is 3. The average molecular weight is 506 g/mol. The topological polar surface area (TPSA) is 88.7 Å². The van der Waals surface area contributed by atoms with Gasteiger partial charge in [-0.05, 0) is 72.7 Å². The summed E-state index contributed by atoms with van der Waals surface area (Å²) in [5.74, 6) is 0.573. The molecule has 8 heteroatoms. The molecule has 188 valence electrons. The van der Waals surface area contributed by atoms with Crippen molar-refractivity contribution in [2.75, 3.05) is 6.61 Å². The standard InChI is InChI=1S/C28H31N3O4S/c1-2-3-4-8-19-34-24-15-11-22(12-16-24)26(32)29-28(36)31-30-27(33)23-13-17-25(18-14-23)35-20-21-9-6-5-7-10-21/h5-7,9-18H,2-4,8,19-20H2,1H3,(H,30,33)(H2,29,31,32,36). The van der Waals surface area contributed by atoms with Crippen molar-refractivity contribution in [2.45, 2.75) is 39.2 Å². The van der Waals surface area contributed by atoms with E-state index in [0.717, 1.165) is 18.4 Å². The second kappa shape index (κ2) is 14.5. The molecular weight excluding hydrogens is 474 g/mol. The Kier molecular flexibility index (Phi) is 10.7. The van der Waals surface area contributed by atoms with Crippen LogP contribution in [0.4, 0.5) is 0 Å². The molecular formula is C28H31N3O4S. The van der Waals surface area contributed by atoms with Gasteiger partial charge in [-0.1, -0.05) is 56.5 Å². The predicted molar refractivity (Wildman–Crippen MR) is 144 cm³/mol. The van der Waals surface area contributed by atoms with Crippen molar-refractivity contribution in [1.29, 1.82) is 0 Å². The van der Waals surface area contributed by atoms with Crippen molar-refractivity contribution in [1.82, 2.24) is 16.2 Å². The molecule has 0 aromatic heterocycles. The van der Waals surface area contributed by atoms with Crippen LogP contribution in [0.25, 0.3) is 0 Å². The Bertz CT molecular complexity index is 1120. The van der Waals surface area contributed by atoms with E-state index in [4.69, 9.17) is 21.7 Å². The maximum atomic E-state index is 12.4. The van der Waals surface area contributed by atoms with Gasteiger partial charge in [0.25, 0.3) is 11.8 Å². The summed E-state index contributed by atoms with van der Waals surface area (Å²) in [4.78, 5) is 24.8. The van der Waals surface area contributed by atoms with Crippen LogP contribution in [0.15, 0.2) is 78.9 Å². The maximum Gasteiger partial charge on any atom is 0.269 e. The van der Waals surface area contributed by atoms with E-state index in [1.54, 1.807) is 48.5 Å². The van der Waals surface area contributed by atoms with E-state index < -0.39 is 11.8 Å². The highest BCUT2D eigenvalue weighted by molar-refractivity contribution is 7.80. The molecule has 0 unspecified atom stereocenters. The molecule has 0 spiro atoms. The van der Waals surface area contributed by atoms with Crippen molar-refractivity contribution in [3.8, 4) is 11.5 Å². The Labute approximate surface area is 217 Å². The molecule has 3 aromatic carbocycles. The molecule has 0 fully saturated rings. The van der Waals surface area contributed by atoms with Crippen LogP contribution in [0, 0.1) is 0 Å². The highest BCUT2D eigenvalue weighted by atomic mass is 32.1. The van der Waals surface area contributed by atoms with Gasteiger partial charge in [-0.15, -0.1) is 0 Å². The highest BCUT2D eigenvalue weighted by Gasteiger charge is 2.10. The van der Waals surface area contributed by atoms with Gasteiger partial charge in [-0.2, -0.15) is 0 Å². The fraction of sp³-hybridized carbons (Fsp3) is 0.250. The zero-order valence-electron chi connectivity index (χ0n) is 20.3. The predicted octanol–water partition coefficient (Wildman–Crippen LogP) is 5.17. The number of thiocarbonyl (C=S) groups is 1. The second-order valence-corrected chi connectivity index (χ2v) is 8.50. The monoisotopic (exact) mass is 505 g/mol. The van der Waals surface area contributed by atoms with Gasteiger partial charge in [0.2, 0.25) is 0 Å². The Hall–Kier alpha value is -3.91. The quantitative estimate of drug-likeness (QED) is 0.189. The van der Waals surface area contributed by atoms with Crippen LogP contribution in [-0.4, -0.2) is 23.5 Å². The maximum absolute atomic E-state index is 12.4. The fourth-order valence-corrected chi connectivity index (χ4v) is 3.40. The Morgan fingerprint density at radius 2 is 1.33 bits per heavy atom. The molecule has 0 aliphatic rings. The van der Waals surface area contributed by atoms with Gasteiger partial charge in [0.1, 0.15) is 18.1 Å².